The van der Waals surface area contributed by atoms with Crippen LogP contribution in [0.15, 0.2) is 62.9 Å². The second kappa shape index (κ2) is 5.72. The average Bonchev–Trinajstić information content (AvgIpc) is 3.07. The third-order valence-electron chi connectivity index (χ3n) is 3.95. The van der Waals surface area contributed by atoms with E-state index in [1.54, 1.807) is 11.9 Å². The molecule has 0 aliphatic carbocycles. The van der Waals surface area contributed by atoms with Crippen LogP contribution in [0, 0.1) is 0 Å². The predicted octanol–water partition coefficient (Wildman–Crippen LogP) is 3.86. The van der Waals surface area contributed by atoms with Crippen molar-refractivity contribution in [3.63, 3.8) is 0 Å². The van der Waals surface area contributed by atoms with Gasteiger partial charge in [0.25, 0.3) is 11.8 Å². The van der Waals surface area contributed by atoms with Crippen molar-refractivity contribution in [3.05, 3.63) is 69.0 Å². The van der Waals surface area contributed by atoms with Gasteiger partial charge in [0.05, 0.1) is 16.2 Å². The summed E-state index contributed by atoms with van der Waals surface area (Å²) < 4.78 is 0.863. The minimum absolute atomic E-state index is 0.177. The molecule has 2 amide bonds. The van der Waals surface area contributed by atoms with E-state index in [1.165, 1.54) is 11.8 Å². The van der Waals surface area contributed by atoms with E-state index in [2.05, 4.69) is 20.9 Å². The molecule has 0 aromatic heterocycles. The third-order valence-corrected chi connectivity index (χ3v) is 5.55. The van der Waals surface area contributed by atoms with Gasteiger partial charge in [-0.3, -0.25) is 9.59 Å². The normalized spacial score (nSPS) is 19.8. The summed E-state index contributed by atoms with van der Waals surface area (Å²) in [6.45, 7) is 0. The van der Waals surface area contributed by atoms with Crippen LogP contribution in [0.25, 0.3) is 5.57 Å². The number of hydrogen-bond donors (Lipinski definition) is 0. The summed E-state index contributed by atoms with van der Waals surface area (Å²) in [7, 11) is 1.71. The minimum Gasteiger partial charge on any atom is -0.311 e. The van der Waals surface area contributed by atoms with E-state index in [-0.39, 0.29) is 11.8 Å². The molecule has 2 heterocycles. The monoisotopic (exact) mass is 398 g/mol. The minimum atomic E-state index is -0.358. The molecule has 0 radical (unpaired) electrons. The van der Waals surface area contributed by atoms with E-state index in [0.717, 1.165) is 21.3 Å². The fourth-order valence-electron chi connectivity index (χ4n) is 2.78. The Morgan fingerprint density at radius 3 is 2.58 bits per heavy atom. The lowest BCUT2D eigenvalue weighted by Crippen LogP contribution is -2.21. The molecule has 0 saturated heterocycles. The largest absolute Gasteiger partial charge is 0.311 e. The van der Waals surface area contributed by atoms with Crippen molar-refractivity contribution in [2.45, 2.75) is 0 Å². The Bertz CT molecular complexity index is 951. The number of aliphatic imine (C=N–C) groups is 1. The highest BCUT2D eigenvalue weighted by Crippen LogP contribution is 2.44. The van der Waals surface area contributed by atoms with Gasteiger partial charge in [0.15, 0.2) is 0 Å². The summed E-state index contributed by atoms with van der Waals surface area (Å²) in [4.78, 5) is 31.2. The number of hydrogen-bond acceptors (Lipinski definition) is 3. The molecule has 24 heavy (non-hydrogen) atoms. The topological polar surface area (TPSA) is 49.7 Å². The maximum Gasteiger partial charge on any atom is 0.285 e. The van der Waals surface area contributed by atoms with Crippen LogP contribution < -0.4 is 4.90 Å². The summed E-state index contributed by atoms with van der Waals surface area (Å²) in [5.74, 6) is -0.535. The number of benzene rings is 2. The summed E-state index contributed by atoms with van der Waals surface area (Å²) in [6.07, 6.45) is 0. The van der Waals surface area contributed by atoms with Gasteiger partial charge in [0.1, 0.15) is 5.04 Å². The Morgan fingerprint density at radius 1 is 1.08 bits per heavy atom. The van der Waals surface area contributed by atoms with E-state index in [0.29, 0.717) is 15.5 Å². The molecule has 2 aliphatic rings. The SMILES string of the molecule is CN1C(=O)C(=C2SC(c3ccccc3)=NC2=O)c2cc(Br)ccc21. The molecule has 2 aromatic rings. The van der Waals surface area contributed by atoms with Gasteiger partial charge in [0.2, 0.25) is 0 Å². The van der Waals surface area contributed by atoms with E-state index < -0.39 is 0 Å². The highest BCUT2D eigenvalue weighted by atomic mass is 79.9. The number of nitrogens with zero attached hydrogens (tertiary/aromatic N) is 2. The second-order valence-electron chi connectivity index (χ2n) is 5.42. The Morgan fingerprint density at radius 2 is 1.83 bits per heavy atom. The van der Waals surface area contributed by atoms with Crippen molar-refractivity contribution < 1.29 is 9.59 Å². The molecular formula is C18H11BrN2O2S. The first-order valence-electron chi connectivity index (χ1n) is 7.25. The van der Waals surface area contributed by atoms with Crippen LogP contribution in [0.3, 0.4) is 0 Å². The molecule has 0 spiro atoms. The van der Waals surface area contributed by atoms with Crippen LogP contribution in [0.2, 0.25) is 0 Å². The highest BCUT2D eigenvalue weighted by Gasteiger charge is 2.37. The zero-order valence-electron chi connectivity index (χ0n) is 12.6. The number of anilines is 1. The van der Waals surface area contributed by atoms with Gasteiger partial charge in [-0.15, -0.1) is 0 Å². The summed E-state index contributed by atoms with van der Waals surface area (Å²) in [6, 6.07) is 15.1. The molecule has 0 bridgehead atoms. The van der Waals surface area contributed by atoms with Gasteiger partial charge in [-0.25, -0.2) is 4.99 Å². The highest BCUT2D eigenvalue weighted by molar-refractivity contribution is 9.10. The predicted molar refractivity (Wildman–Crippen MR) is 100 cm³/mol. The van der Waals surface area contributed by atoms with Gasteiger partial charge in [-0.2, -0.15) is 0 Å². The fourth-order valence-corrected chi connectivity index (χ4v) is 4.15. The fraction of sp³-hybridized carbons (Fsp3) is 0.0556. The van der Waals surface area contributed by atoms with E-state index >= 15 is 0 Å². The van der Waals surface area contributed by atoms with Crippen LogP contribution in [0.5, 0.6) is 0 Å². The zero-order chi connectivity index (χ0) is 16.8. The van der Waals surface area contributed by atoms with Gasteiger partial charge >= 0.3 is 0 Å². The van der Waals surface area contributed by atoms with Crippen LogP contribution in [0.1, 0.15) is 11.1 Å². The third kappa shape index (κ3) is 2.34. The smallest absolute Gasteiger partial charge is 0.285 e. The second-order valence-corrected chi connectivity index (χ2v) is 7.33. The summed E-state index contributed by atoms with van der Waals surface area (Å²) >= 11 is 4.69. The molecule has 0 fully saturated rings. The Labute approximate surface area is 151 Å². The first-order chi connectivity index (χ1) is 11.6. The number of halogens is 1. The van der Waals surface area contributed by atoms with Gasteiger partial charge in [0, 0.05) is 22.6 Å². The Kier molecular flexibility index (Phi) is 3.66. The van der Waals surface area contributed by atoms with E-state index in [9.17, 15) is 9.59 Å². The van der Waals surface area contributed by atoms with E-state index in [4.69, 9.17) is 0 Å². The quantitative estimate of drug-likeness (QED) is 0.685. The molecule has 4 nitrogen and oxygen atoms in total. The van der Waals surface area contributed by atoms with Crippen molar-refractivity contribution in [1.82, 2.24) is 0 Å². The molecule has 6 heteroatoms. The number of carbonyl (C=O) groups excluding carboxylic acids is 2. The molecular weight excluding hydrogens is 388 g/mol. The number of carbonyl (C=O) groups is 2. The lowest BCUT2D eigenvalue weighted by atomic mass is 10.1. The maximum atomic E-state index is 12.7. The number of rotatable bonds is 1. The molecule has 0 atom stereocenters. The molecule has 2 aromatic carbocycles. The van der Waals surface area contributed by atoms with Crippen LogP contribution >= 0.6 is 27.7 Å². The summed E-state index contributed by atoms with van der Waals surface area (Å²) in [5.41, 5.74) is 2.86. The van der Waals surface area contributed by atoms with Gasteiger partial charge in [-0.1, -0.05) is 58.0 Å². The van der Waals surface area contributed by atoms with Crippen LogP contribution in [-0.4, -0.2) is 23.9 Å². The van der Waals surface area contributed by atoms with Crippen LogP contribution in [-0.2, 0) is 9.59 Å². The molecule has 2 aliphatic heterocycles. The first-order valence-corrected chi connectivity index (χ1v) is 8.86. The lowest BCUT2D eigenvalue weighted by molar-refractivity contribution is -0.115. The number of thioether (sulfide) groups is 1. The van der Waals surface area contributed by atoms with Gasteiger partial charge in [-0.05, 0) is 18.2 Å². The van der Waals surface area contributed by atoms with Crippen molar-refractivity contribution in [3.8, 4) is 0 Å². The zero-order valence-corrected chi connectivity index (χ0v) is 15.0. The molecule has 4 rings (SSSR count). The Balaban J connectivity index is 1.83. The molecule has 0 N–H and O–H groups in total. The maximum absolute atomic E-state index is 12.7. The molecule has 0 saturated carbocycles. The molecule has 0 unspecified atom stereocenters. The lowest BCUT2D eigenvalue weighted by Gasteiger charge is -2.08. The summed E-state index contributed by atoms with van der Waals surface area (Å²) in [5, 5.41) is 0.627. The van der Waals surface area contributed by atoms with Crippen molar-refractivity contribution in [2.75, 3.05) is 11.9 Å². The number of fused-ring (bicyclic) bond motifs is 1. The van der Waals surface area contributed by atoms with E-state index in [1.807, 2.05) is 48.5 Å². The molecule has 118 valence electrons. The standard InChI is InChI=1S/C18H11BrN2O2S/c1-21-13-8-7-11(19)9-12(13)14(18(21)23)15-16(22)20-17(24-15)10-5-3-2-4-6-10/h2-9H,1H3. The Hall–Kier alpha value is -2.18. The number of likely N-dealkylation sites (N-methyl/N-ethyl adjacent to an activating group) is 1. The van der Waals surface area contributed by atoms with Crippen molar-refractivity contribution in [2.24, 2.45) is 4.99 Å². The first kappa shape index (κ1) is 15.4. The van der Waals surface area contributed by atoms with Crippen LogP contribution in [0.4, 0.5) is 5.69 Å². The number of amides is 2. The average molecular weight is 399 g/mol. The van der Waals surface area contributed by atoms with Gasteiger partial charge < -0.3 is 4.90 Å². The van der Waals surface area contributed by atoms with Crippen molar-refractivity contribution >= 4 is 55.8 Å². The van der Waals surface area contributed by atoms with Crippen molar-refractivity contribution in [1.29, 1.82) is 0 Å².